The lowest BCUT2D eigenvalue weighted by Crippen LogP contribution is -2.24. The summed E-state index contributed by atoms with van der Waals surface area (Å²) < 4.78 is 11.5. The Kier molecular flexibility index (Phi) is 3.42. The molecule has 3 heteroatoms. The van der Waals surface area contributed by atoms with E-state index in [-0.39, 0.29) is 5.60 Å². The maximum Gasteiger partial charge on any atom is 0.165 e. The Hall–Kier alpha value is -2.29. The van der Waals surface area contributed by atoms with Crippen molar-refractivity contribution in [3.05, 3.63) is 53.3 Å². The van der Waals surface area contributed by atoms with E-state index < -0.39 is 0 Å². The van der Waals surface area contributed by atoms with Gasteiger partial charge >= 0.3 is 0 Å². The van der Waals surface area contributed by atoms with E-state index in [1.54, 1.807) is 19.5 Å². The zero-order valence-electron chi connectivity index (χ0n) is 12.6. The minimum atomic E-state index is -0.184. The van der Waals surface area contributed by atoms with E-state index in [2.05, 4.69) is 37.0 Å². The second kappa shape index (κ2) is 5.24. The Morgan fingerprint density at radius 2 is 1.90 bits per heavy atom. The van der Waals surface area contributed by atoms with E-state index in [1.165, 1.54) is 11.1 Å². The van der Waals surface area contributed by atoms with Gasteiger partial charge in [0.25, 0.3) is 0 Å². The smallest absolute Gasteiger partial charge is 0.165 e. The van der Waals surface area contributed by atoms with Crippen LogP contribution < -0.4 is 9.47 Å². The van der Waals surface area contributed by atoms with Crippen molar-refractivity contribution in [1.82, 2.24) is 4.98 Å². The molecule has 1 aliphatic heterocycles. The topological polar surface area (TPSA) is 31.4 Å². The molecular weight excluding hydrogens is 262 g/mol. The van der Waals surface area contributed by atoms with Crippen LogP contribution in [0.5, 0.6) is 11.5 Å². The van der Waals surface area contributed by atoms with E-state index in [9.17, 15) is 0 Å². The largest absolute Gasteiger partial charge is 0.493 e. The lowest BCUT2D eigenvalue weighted by atomic mass is 9.96. The number of benzene rings is 1. The molecule has 0 radical (unpaired) electrons. The SMILES string of the molecule is COc1ccc(C=Cc2ccncc2)c2c1OC(C)(C)C2. The molecular formula is C18H19NO2. The average Bonchev–Trinajstić information content (AvgIpc) is 2.81. The molecule has 108 valence electrons. The number of nitrogens with zero attached hydrogens (tertiary/aromatic N) is 1. The van der Waals surface area contributed by atoms with Crippen molar-refractivity contribution >= 4 is 12.2 Å². The summed E-state index contributed by atoms with van der Waals surface area (Å²) in [5.74, 6) is 1.68. The molecule has 3 rings (SSSR count). The van der Waals surface area contributed by atoms with Crippen molar-refractivity contribution in [2.24, 2.45) is 0 Å². The molecule has 0 spiro atoms. The molecule has 3 nitrogen and oxygen atoms in total. The second-order valence-electron chi connectivity index (χ2n) is 5.82. The number of pyridine rings is 1. The Morgan fingerprint density at radius 3 is 2.62 bits per heavy atom. The molecule has 1 aromatic heterocycles. The monoisotopic (exact) mass is 281 g/mol. The van der Waals surface area contributed by atoms with E-state index in [1.807, 2.05) is 18.2 Å². The lowest BCUT2D eigenvalue weighted by molar-refractivity contribution is 0.134. The van der Waals surface area contributed by atoms with Crippen molar-refractivity contribution in [3.8, 4) is 11.5 Å². The highest BCUT2D eigenvalue weighted by molar-refractivity contribution is 5.74. The van der Waals surface area contributed by atoms with Crippen LogP contribution in [-0.4, -0.2) is 17.7 Å². The Bertz CT molecular complexity index is 675. The van der Waals surface area contributed by atoms with Gasteiger partial charge in [-0.25, -0.2) is 0 Å². The minimum Gasteiger partial charge on any atom is -0.493 e. The van der Waals surface area contributed by atoms with Crippen molar-refractivity contribution in [1.29, 1.82) is 0 Å². The van der Waals surface area contributed by atoms with Gasteiger partial charge in [-0.1, -0.05) is 18.2 Å². The second-order valence-corrected chi connectivity index (χ2v) is 5.82. The number of aromatic nitrogens is 1. The summed E-state index contributed by atoms with van der Waals surface area (Å²) in [5.41, 5.74) is 3.33. The van der Waals surface area contributed by atoms with Crippen molar-refractivity contribution in [3.63, 3.8) is 0 Å². The summed E-state index contributed by atoms with van der Waals surface area (Å²) in [6.45, 7) is 4.20. The fourth-order valence-corrected chi connectivity index (χ4v) is 2.63. The van der Waals surface area contributed by atoms with Gasteiger partial charge in [-0.2, -0.15) is 0 Å². The third-order valence-corrected chi connectivity index (χ3v) is 3.62. The molecule has 2 heterocycles. The predicted molar refractivity (Wildman–Crippen MR) is 84.6 cm³/mol. The summed E-state index contributed by atoms with van der Waals surface area (Å²) in [4.78, 5) is 4.03. The first-order valence-corrected chi connectivity index (χ1v) is 7.06. The first-order valence-electron chi connectivity index (χ1n) is 7.06. The van der Waals surface area contributed by atoms with Crippen LogP contribution in [0.3, 0.4) is 0 Å². The molecule has 0 saturated heterocycles. The van der Waals surface area contributed by atoms with Gasteiger partial charge in [-0.15, -0.1) is 0 Å². The fraction of sp³-hybridized carbons (Fsp3) is 0.278. The first kappa shape index (κ1) is 13.7. The average molecular weight is 281 g/mol. The Balaban J connectivity index is 1.98. The summed E-state index contributed by atoms with van der Waals surface area (Å²) in [6, 6.07) is 8.02. The molecule has 0 atom stereocenters. The number of ether oxygens (including phenoxy) is 2. The third kappa shape index (κ3) is 2.77. The number of hydrogen-bond donors (Lipinski definition) is 0. The number of methoxy groups -OCH3 is 1. The van der Waals surface area contributed by atoms with Crippen LogP contribution in [-0.2, 0) is 6.42 Å². The van der Waals surface area contributed by atoms with Gasteiger partial charge in [-0.05, 0) is 43.2 Å². The van der Waals surface area contributed by atoms with Gasteiger partial charge in [0.05, 0.1) is 7.11 Å². The molecule has 1 aromatic carbocycles. The van der Waals surface area contributed by atoms with Gasteiger partial charge < -0.3 is 9.47 Å². The maximum absolute atomic E-state index is 6.04. The number of fused-ring (bicyclic) bond motifs is 1. The standard InChI is InChI=1S/C18H19NO2/c1-18(2)12-15-14(5-4-13-8-10-19-11-9-13)6-7-16(20-3)17(15)21-18/h4-11H,12H2,1-3H3. The highest BCUT2D eigenvalue weighted by Crippen LogP contribution is 2.44. The van der Waals surface area contributed by atoms with Crippen LogP contribution in [0.2, 0.25) is 0 Å². The van der Waals surface area contributed by atoms with Crippen LogP contribution in [0, 0.1) is 0 Å². The highest BCUT2D eigenvalue weighted by Gasteiger charge is 2.33. The summed E-state index contributed by atoms with van der Waals surface area (Å²) in [5, 5.41) is 0. The highest BCUT2D eigenvalue weighted by atomic mass is 16.5. The van der Waals surface area contributed by atoms with E-state index in [0.717, 1.165) is 23.5 Å². The zero-order valence-corrected chi connectivity index (χ0v) is 12.6. The minimum absolute atomic E-state index is 0.184. The van der Waals surface area contributed by atoms with E-state index >= 15 is 0 Å². The van der Waals surface area contributed by atoms with Crippen molar-refractivity contribution < 1.29 is 9.47 Å². The maximum atomic E-state index is 6.04. The van der Waals surface area contributed by atoms with Gasteiger partial charge in [0.15, 0.2) is 11.5 Å². The molecule has 0 unspecified atom stereocenters. The molecule has 0 amide bonds. The van der Waals surface area contributed by atoms with E-state index in [0.29, 0.717) is 0 Å². The molecule has 0 aliphatic carbocycles. The van der Waals surface area contributed by atoms with Crippen LogP contribution in [0.4, 0.5) is 0 Å². The Morgan fingerprint density at radius 1 is 1.14 bits per heavy atom. The molecule has 0 saturated carbocycles. The molecule has 1 aliphatic rings. The van der Waals surface area contributed by atoms with Crippen LogP contribution in [0.15, 0.2) is 36.7 Å². The molecule has 0 fully saturated rings. The fourth-order valence-electron chi connectivity index (χ4n) is 2.63. The Labute approximate surface area is 125 Å². The summed E-state index contributed by atoms with van der Waals surface area (Å²) in [7, 11) is 1.68. The van der Waals surface area contributed by atoms with Crippen molar-refractivity contribution in [2.45, 2.75) is 25.9 Å². The normalized spacial score (nSPS) is 15.8. The molecule has 21 heavy (non-hydrogen) atoms. The van der Waals surface area contributed by atoms with Gasteiger partial charge in [0, 0.05) is 24.4 Å². The van der Waals surface area contributed by atoms with Crippen LogP contribution in [0.25, 0.3) is 12.2 Å². The summed E-state index contributed by atoms with van der Waals surface area (Å²) >= 11 is 0. The zero-order chi connectivity index (χ0) is 14.9. The lowest BCUT2D eigenvalue weighted by Gasteiger charge is -2.17. The number of hydrogen-bond acceptors (Lipinski definition) is 3. The van der Waals surface area contributed by atoms with Gasteiger partial charge in [0.1, 0.15) is 5.60 Å². The quantitative estimate of drug-likeness (QED) is 0.853. The van der Waals surface area contributed by atoms with Crippen LogP contribution in [0.1, 0.15) is 30.5 Å². The van der Waals surface area contributed by atoms with Gasteiger partial charge in [0.2, 0.25) is 0 Å². The van der Waals surface area contributed by atoms with Crippen LogP contribution >= 0.6 is 0 Å². The van der Waals surface area contributed by atoms with Gasteiger partial charge in [-0.3, -0.25) is 4.98 Å². The van der Waals surface area contributed by atoms with E-state index in [4.69, 9.17) is 9.47 Å². The molecule has 0 N–H and O–H groups in total. The summed E-state index contributed by atoms with van der Waals surface area (Å²) in [6.07, 6.45) is 8.69. The third-order valence-electron chi connectivity index (χ3n) is 3.62. The molecule has 0 bridgehead atoms. The predicted octanol–water partition coefficient (Wildman–Crippen LogP) is 3.97. The number of rotatable bonds is 3. The first-order chi connectivity index (χ1) is 10.1. The molecule has 2 aromatic rings. The van der Waals surface area contributed by atoms with Crippen molar-refractivity contribution in [2.75, 3.05) is 7.11 Å².